The number of pyridine rings is 1. The van der Waals surface area contributed by atoms with Crippen LogP contribution in [0.15, 0.2) is 48.7 Å². The second-order valence-corrected chi connectivity index (χ2v) is 4.58. The molecule has 2 N–H and O–H groups in total. The van der Waals surface area contributed by atoms with E-state index in [4.69, 9.17) is 19.9 Å². The quantitative estimate of drug-likeness (QED) is 0.943. The van der Waals surface area contributed by atoms with Gasteiger partial charge in [0.15, 0.2) is 6.29 Å². The minimum Gasteiger partial charge on any atom is -0.469 e. The van der Waals surface area contributed by atoms with Crippen LogP contribution in [0.25, 0.3) is 0 Å². The topological polar surface area (TPSA) is 66.6 Å². The number of nitrogens with two attached hydrogens (primary N) is 1. The van der Waals surface area contributed by atoms with Gasteiger partial charge in [-0.15, -0.1) is 0 Å². The van der Waals surface area contributed by atoms with Crippen molar-refractivity contribution in [1.29, 1.82) is 0 Å². The van der Waals surface area contributed by atoms with Crippen molar-refractivity contribution >= 4 is 5.69 Å². The SMILES string of the molecule is CC.Nc1ccc(OC2COC(c3ccccc3)OC2)nc1. The summed E-state index contributed by atoms with van der Waals surface area (Å²) < 4.78 is 17.0. The molecular weight excluding hydrogens is 280 g/mol. The number of nitrogen functional groups attached to an aromatic ring is 1. The summed E-state index contributed by atoms with van der Waals surface area (Å²) >= 11 is 0. The van der Waals surface area contributed by atoms with Gasteiger partial charge in [0.1, 0.15) is 6.10 Å². The Kier molecular flexibility index (Phi) is 6.18. The van der Waals surface area contributed by atoms with E-state index in [0.29, 0.717) is 24.8 Å². The number of aromatic nitrogens is 1. The van der Waals surface area contributed by atoms with Gasteiger partial charge in [0, 0.05) is 11.6 Å². The van der Waals surface area contributed by atoms with Gasteiger partial charge < -0.3 is 19.9 Å². The fourth-order valence-corrected chi connectivity index (χ4v) is 1.99. The third-order valence-electron chi connectivity index (χ3n) is 2.99. The van der Waals surface area contributed by atoms with E-state index in [1.54, 1.807) is 18.3 Å². The standard InChI is InChI=1S/C15H16N2O3.C2H6/c16-12-6-7-14(17-8-12)20-13-9-18-15(19-10-13)11-4-2-1-3-5-11;1-2/h1-8,13,15H,9-10,16H2;1-2H3. The summed E-state index contributed by atoms with van der Waals surface area (Å²) in [7, 11) is 0. The molecule has 2 aromatic rings. The van der Waals surface area contributed by atoms with Gasteiger partial charge in [-0.3, -0.25) is 0 Å². The van der Waals surface area contributed by atoms with E-state index in [-0.39, 0.29) is 12.4 Å². The van der Waals surface area contributed by atoms with Crippen molar-refractivity contribution in [2.24, 2.45) is 0 Å². The summed E-state index contributed by atoms with van der Waals surface area (Å²) in [4.78, 5) is 4.09. The van der Waals surface area contributed by atoms with Crippen LogP contribution in [0.5, 0.6) is 5.88 Å². The molecule has 0 atom stereocenters. The molecule has 3 rings (SSSR count). The molecular formula is C17H22N2O3. The van der Waals surface area contributed by atoms with Crippen LogP contribution in [0.3, 0.4) is 0 Å². The lowest BCUT2D eigenvalue weighted by atomic mass is 10.2. The molecule has 1 saturated heterocycles. The molecule has 5 heteroatoms. The van der Waals surface area contributed by atoms with Crippen molar-refractivity contribution in [3.8, 4) is 5.88 Å². The first-order chi connectivity index (χ1) is 10.8. The molecule has 0 amide bonds. The summed E-state index contributed by atoms with van der Waals surface area (Å²) in [6.45, 7) is 4.93. The monoisotopic (exact) mass is 302 g/mol. The molecule has 1 aromatic heterocycles. The van der Waals surface area contributed by atoms with Gasteiger partial charge >= 0.3 is 0 Å². The van der Waals surface area contributed by atoms with Crippen molar-refractivity contribution < 1.29 is 14.2 Å². The molecule has 118 valence electrons. The fraction of sp³-hybridized carbons (Fsp3) is 0.353. The number of benzene rings is 1. The Bertz CT molecular complexity index is 538. The van der Waals surface area contributed by atoms with Gasteiger partial charge in [0.05, 0.1) is 25.1 Å². The van der Waals surface area contributed by atoms with E-state index < -0.39 is 0 Å². The van der Waals surface area contributed by atoms with E-state index in [0.717, 1.165) is 5.56 Å². The number of anilines is 1. The van der Waals surface area contributed by atoms with Gasteiger partial charge in [0.2, 0.25) is 5.88 Å². The predicted octanol–water partition coefficient (Wildman–Crippen LogP) is 3.18. The lowest BCUT2D eigenvalue weighted by Crippen LogP contribution is -2.35. The summed E-state index contributed by atoms with van der Waals surface area (Å²) in [5, 5.41) is 0. The molecule has 0 unspecified atom stereocenters. The zero-order valence-corrected chi connectivity index (χ0v) is 12.9. The van der Waals surface area contributed by atoms with Gasteiger partial charge in [-0.2, -0.15) is 0 Å². The second-order valence-electron chi connectivity index (χ2n) is 4.58. The van der Waals surface area contributed by atoms with E-state index in [9.17, 15) is 0 Å². The van der Waals surface area contributed by atoms with Crippen LogP contribution in [-0.2, 0) is 9.47 Å². The molecule has 0 radical (unpaired) electrons. The predicted molar refractivity (Wildman–Crippen MR) is 85.5 cm³/mol. The Morgan fingerprint density at radius 2 is 1.73 bits per heavy atom. The smallest absolute Gasteiger partial charge is 0.213 e. The Balaban J connectivity index is 0.000000847. The van der Waals surface area contributed by atoms with E-state index in [1.165, 1.54) is 0 Å². The number of hydrogen-bond donors (Lipinski definition) is 1. The number of rotatable bonds is 3. The lowest BCUT2D eigenvalue weighted by molar-refractivity contribution is -0.216. The fourth-order valence-electron chi connectivity index (χ4n) is 1.99. The second kappa shape index (κ2) is 8.36. The first-order valence-corrected chi connectivity index (χ1v) is 7.47. The highest BCUT2D eigenvalue weighted by Gasteiger charge is 2.24. The molecule has 1 aliphatic heterocycles. The Morgan fingerprint density at radius 3 is 2.32 bits per heavy atom. The highest BCUT2D eigenvalue weighted by atomic mass is 16.7. The average molecular weight is 302 g/mol. The third-order valence-corrected chi connectivity index (χ3v) is 2.99. The van der Waals surface area contributed by atoms with E-state index >= 15 is 0 Å². The molecule has 0 bridgehead atoms. The van der Waals surface area contributed by atoms with Crippen LogP contribution in [0, 0.1) is 0 Å². The van der Waals surface area contributed by atoms with Crippen molar-refractivity contribution in [1.82, 2.24) is 4.98 Å². The number of nitrogens with zero attached hydrogens (tertiary/aromatic N) is 1. The van der Waals surface area contributed by atoms with Crippen molar-refractivity contribution in [3.05, 3.63) is 54.2 Å². The highest BCUT2D eigenvalue weighted by molar-refractivity contribution is 5.36. The van der Waals surface area contributed by atoms with E-state index in [1.807, 2.05) is 44.2 Å². The summed E-state index contributed by atoms with van der Waals surface area (Å²) in [5.74, 6) is 0.523. The van der Waals surface area contributed by atoms with Gasteiger partial charge in [-0.05, 0) is 6.07 Å². The van der Waals surface area contributed by atoms with Gasteiger partial charge in [-0.25, -0.2) is 4.98 Å². The van der Waals surface area contributed by atoms with E-state index in [2.05, 4.69) is 4.98 Å². The van der Waals surface area contributed by atoms with Crippen LogP contribution in [0.1, 0.15) is 25.7 Å². The summed E-state index contributed by atoms with van der Waals surface area (Å²) in [5.41, 5.74) is 7.19. The van der Waals surface area contributed by atoms with Crippen LogP contribution >= 0.6 is 0 Å². The van der Waals surface area contributed by atoms with Crippen molar-refractivity contribution in [2.75, 3.05) is 18.9 Å². The van der Waals surface area contributed by atoms with Crippen LogP contribution in [0.4, 0.5) is 5.69 Å². The molecule has 2 heterocycles. The average Bonchev–Trinajstić information content (AvgIpc) is 2.60. The highest BCUT2D eigenvalue weighted by Crippen LogP contribution is 2.24. The number of hydrogen-bond acceptors (Lipinski definition) is 5. The van der Waals surface area contributed by atoms with Crippen molar-refractivity contribution in [3.63, 3.8) is 0 Å². The first-order valence-electron chi connectivity index (χ1n) is 7.47. The van der Waals surface area contributed by atoms with Gasteiger partial charge in [0.25, 0.3) is 0 Å². The zero-order valence-electron chi connectivity index (χ0n) is 12.9. The minimum absolute atomic E-state index is 0.161. The molecule has 22 heavy (non-hydrogen) atoms. The molecule has 0 saturated carbocycles. The zero-order chi connectivity index (χ0) is 15.8. The molecule has 0 spiro atoms. The molecule has 5 nitrogen and oxygen atoms in total. The third kappa shape index (κ3) is 4.44. The largest absolute Gasteiger partial charge is 0.469 e. The first kappa shape index (κ1) is 16.3. The Morgan fingerprint density at radius 1 is 1.05 bits per heavy atom. The van der Waals surface area contributed by atoms with Crippen molar-refractivity contribution in [2.45, 2.75) is 26.2 Å². The minimum atomic E-state index is -0.324. The maximum absolute atomic E-state index is 5.68. The normalized spacial score (nSPS) is 20.6. The summed E-state index contributed by atoms with van der Waals surface area (Å²) in [6, 6.07) is 13.3. The van der Waals surface area contributed by atoms with Crippen LogP contribution in [-0.4, -0.2) is 24.3 Å². The maximum atomic E-state index is 5.68. The lowest BCUT2D eigenvalue weighted by Gasteiger charge is -2.29. The maximum Gasteiger partial charge on any atom is 0.213 e. The Labute approximate surface area is 131 Å². The molecule has 1 aromatic carbocycles. The van der Waals surface area contributed by atoms with Gasteiger partial charge in [-0.1, -0.05) is 44.2 Å². The number of ether oxygens (including phenoxy) is 3. The molecule has 0 aliphatic carbocycles. The Hall–Kier alpha value is -2.11. The molecule has 1 aliphatic rings. The molecule has 1 fully saturated rings. The van der Waals surface area contributed by atoms with Crippen LogP contribution in [0.2, 0.25) is 0 Å². The van der Waals surface area contributed by atoms with Crippen LogP contribution < -0.4 is 10.5 Å². The summed E-state index contributed by atoms with van der Waals surface area (Å²) in [6.07, 6.45) is 1.08.